The molecule has 0 atom stereocenters. The predicted molar refractivity (Wildman–Crippen MR) is 49.1 cm³/mol. The first kappa shape index (κ1) is 8.04. The van der Waals surface area contributed by atoms with Crippen LogP contribution in [0.4, 0.5) is 0 Å². The summed E-state index contributed by atoms with van der Waals surface area (Å²) in [6, 6.07) is 0. The van der Waals surface area contributed by atoms with Gasteiger partial charge in [-0.1, -0.05) is 13.3 Å². The molecule has 0 unspecified atom stereocenters. The van der Waals surface area contributed by atoms with E-state index < -0.39 is 0 Å². The minimum Gasteiger partial charge on any atom is -0.249 e. The van der Waals surface area contributed by atoms with Gasteiger partial charge in [0.15, 0.2) is 5.65 Å². The third-order valence-corrected chi connectivity index (χ3v) is 1.78. The van der Waals surface area contributed by atoms with Crippen LogP contribution in [0.25, 0.3) is 11.2 Å². The molecule has 0 spiro atoms. The lowest BCUT2D eigenvalue weighted by atomic mass is 10.2. The number of aromatic nitrogens is 4. The Bertz CT molecular complexity index is 413. The van der Waals surface area contributed by atoms with Gasteiger partial charge in [0.25, 0.3) is 0 Å². The van der Waals surface area contributed by atoms with Crippen molar-refractivity contribution in [1.29, 1.82) is 0 Å². The normalized spacial score (nSPS) is 10.5. The topological polar surface area (TPSA) is 51.6 Å². The molecular weight excluding hydrogens is 164 g/mol. The van der Waals surface area contributed by atoms with E-state index in [0.717, 1.165) is 24.1 Å². The van der Waals surface area contributed by atoms with Crippen molar-refractivity contribution in [3.05, 3.63) is 24.4 Å². The molecule has 0 amide bonds. The molecule has 13 heavy (non-hydrogen) atoms. The summed E-state index contributed by atoms with van der Waals surface area (Å²) in [4.78, 5) is 16.5. The van der Waals surface area contributed by atoms with E-state index in [-0.39, 0.29) is 0 Å². The van der Waals surface area contributed by atoms with Crippen molar-refractivity contribution in [3.8, 4) is 0 Å². The van der Waals surface area contributed by atoms with Crippen molar-refractivity contribution in [3.63, 3.8) is 0 Å². The summed E-state index contributed by atoms with van der Waals surface area (Å²) in [6.45, 7) is 2.12. The van der Waals surface area contributed by atoms with Gasteiger partial charge in [-0.2, -0.15) is 0 Å². The van der Waals surface area contributed by atoms with Gasteiger partial charge in [0.1, 0.15) is 11.8 Å². The lowest BCUT2D eigenvalue weighted by molar-refractivity contribution is 0.877. The first-order valence-electron chi connectivity index (χ1n) is 4.32. The van der Waals surface area contributed by atoms with Gasteiger partial charge in [-0.25, -0.2) is 19.9 Å². The molecule has 0 radical (unpaired) electrons. The van der Waals surface area contributed by atoms with Crippen LogP contribution in [-0.2, 0) is 6.42 Å². The molecule has 0 N–H and O–H groups in total. The second kappa shape index (κ2) is 3.43. The molecule has 0 aliphatic carbocycles. The van der Waals surface area contributed by atoms with E-state index in [1.165, 1.54) is 6.33 Å². The minimum absolute atomic E-state index is 0.681. The Kier molecular flexibility index (Phi) is 2.12. The first-order valence-corrected chi connectivity index (χ1v) is 4.32. The molecule has 0 saturated carbocycles. The van der Waals surface area contributed by atoms with Crippen molar-refractivity contribution in [2.45, 2.75) is 19.8 Å². The largest absolute Gasteiger partial charge is 0.249 e. The third kappa shape index (κ3) is 1.61. The maximum Gasteiger partial charge on any atom is 0.181 e. The number of fused-ring (bicyclic) bond motifs is 1. The summed E-state index contributed by atoms with van der Waals surface area (Å²) in [5, 5.41) is 0. The zero-order valence-corrected chi connectivity index (χ0v) is 7.44. The van der Waals surface area contributed by atoms with Gasteiger partial charge >= 0.3 is 0 Å². The molecule has 0 aliphatic rings. The molecule has 2 rings (SSSR count). The Morgan fingerprint density at radius 1 is 1.23 bits per heavy atom. The maximum atomic E-state index is 4.35. The summed E-state index contributed by atoms with van der Waals surface area (Å²) >= 11 is 0. The molecule has 66 valence electrons. The number of rotatable bonds is 2. The Labute approximate surface area is 76.1 Å². The average molecular weight is 174 g/mol. The molecule has 0 aromatic carbocycles. The van der Waals surface area contributed by atoms with Crippen LogP contribution < -0.4 is 0 Å². The summed E-state index contributed by atoms with van der Waals surface area (Å²) in [6.07, 6.45) is 6.98. The van der Waals surface area contributed by atoms with Gasteiger partial charge in [0.2, 0.25) is 0 Å². The number of hydrogen-bond donors (Lipinski definition) is 0. The van der Waals surface area contributed by atoms with Crippen molar-refractivity contribution in [2.75, 3.05) is 0 Å². The van der Waals surface area contributed by atoms with Crippen molar-refractivity contribution < 1.29 is 0 Å². The lowest BCUT2D eigenvalue weighted by Gasteiger charge is -1.98. The highest BCUT2D eigenvalue weighted by molar-refractivity contribution is 5.67. The standard InChI is InChI=1S/C9H10N4/c1-2-3-7-4-11-8-5-10-6-12-9(8)13-7/h4-6H,2-3H2,1H3. The van der Waals surface area contributed by atoms with Gasteiger partial charge in [-0.15, -0.1) is 0 Å². The second-order valence-electron chi connectivity index (χ2n) is 2.84. The van der Waals surface area contributed by atoms with Crippen LogP contribution in [0, 0.1) is 0 Å². The minimum atomic E-state index is 0.681. The first-order chi connectivity index (χ1) is 6.40. The maximum absolute atomic E-state index is 4.35. The van der Waals surface area contributed by atoms with Crippen LogP contribution in [0.1, 0.15) is 19.0 Å². The summed E-state index contributed by atoms with van der Waals surface area (Å²) in [7, 11) is 0. The van der Waals surface area contributed by atoms with E-state index in [2.05, 4.69) is 26.9 Å². The van der Waals surface area contributed by atoms with E-state index in [9.17, 15) is 0 Å². The van der Waals surface area contributed by atoms with Crippen LogP contribution in [-0.4, -0.2) is 19.9 Å². The van der Waals surface area contributed by atoms with Gasteiger partial charge < -0.3 is 0 Å². The van der Waals surface area contributed by atoms with Crippen LogP contribution in [0.2, 0.25) is 0 Å². The molecule has 0 saturated heterocycles. The molecular formula is C9H10N4. The number of aryl methyl sites for hydroxylation is 1. The molecule has 0 fully saturated rings. The molecule has 0 bridgehead atoms. The smallest absolute Gasteiger partial charge is 0.181 e. The Morgan fingerprint density at radius 2 is 2.15 bits per heavy atom. The zero-order valence-electron chi connectivity index (χ0n) is 7.44. The summed E-state index contributed by atoms with van der Waals surface area (Å²) < 4.78 is 0. The monoisotopic (exact) mass is 174 g/mol. The second-order valence-corrected chi connectivity index (χ2v) is 2.84. The van der Waals surface area contributed by atoms with Crippen molar-refractivity contribution in [2.24, 2.45) is 0 Å². The van der Waals surface area contributed by atoms with Crippen molar-refractivity contribution in [1.82, 2.24) is 19.9 Å². The number of nitrogens with zero attached hydrogens (tertiary/aromatic N) is 4. The van der Waals surface area contributed by atoms with Gasteiger partial charge in [-0.05, 0) is 6.42 Å². The molecule has 2 heterocycles. The van der Waals surface area contributed by atoms with E-state index in [0.29, 0.717) is 5.65 Å². The van der Waals surface area contributed by atoms with Gasteiger partial charge in [0, 0.05) is 6.20 Å². The van der Waals surface area contributed by atoms with Gasteiger partial charge in [0.05, 0.1) is 11.9 Å². The fourth-order valence-electron chi connectivity index (χ4n) is 1.18. The van der Waals surface area contributed by atoms with E-state index >= 15 is 0 Å². The van der Waals surface area contributed by atoms with E-state index in [4.69, 9.17) is 0 Å². The molecule has 2 aromatic rings. The fraction of sp³-hybridized carbons (Fsp3) is 0.333. The molecule has 4 heteroatoms. The predicted octanol–water partition coefficient (Wildman–Crippen LogP) is 1.37. The van der Waals surface area contributed by atoms with E-state index in [1.807, 2.05) is 0 Å². The highest BCUT2D eigenvalue weighted by Crippen LogP contribution is 2.05. The molecule has 4 nitrogen and oxygen atoms in total. The average Bonchev–Trinajstić information content (AvgIpc) is 2.18. The van der Waals surface area contributed by atoms with E-state index in [1.54, 1.807) is 12.4 Å². The van der Waals surface area contributed by atoms with Crippen LogP contribution >= 0.6 is 0 Å². The third-order valence-electron chi connectivity index (χ3n) is 1.78. The molecule has 0 aliphatic heterocycles. The zero-order chi connectivity index (χ0) is 9.10. The quantitative estimate of drug-likeness (QED) is 0.690. The van der Waals surface area contributed by atoms with Crippen LogP contribution in [0.3, 0.4) is 0 Å². The SMILES string of the molecule is CCCc1cnc2cncnc2n1. The van der Waals surface area contributed by atoms with Crippen LogP contribution in [0.15, 0.2) is 18.7 Å². The Hall–Kier alpha value is -1.58. The van der Waals surface area contributed by atoms with Crippen LogP contribution in [0.5, 0.6) is 0 Å². The van der Waals surface area contributed by atoms with Gasteiger partial charge in [-0.3, -0.25) is 0 Å². The van der Waals surface area contributed by atoms with Crippen molar-refractivity contribution >= 4 is 11.2 Å². The summed E-state index contributed by atoms with van der Waals surface area (Å²) in [5.74, 6) is 0. The summed E-state index contributed by atoms with van der Waals surface area (Å²) in [5.41, 5.74) is 2.43. The number of hydrogen-bond acceptors (Lipinski definition) is 4. The highest BCUT2D eigenvalue weighted by Gasteiger charge is 1.98. The highest BCUT2D eigenvalue weighted by atomic mass is 14.9. The Balaban J connectivity index is 2.49. The fourth-order valence-corrected chi connectivity index (χ4v) is 1.18. The molecule has 2 aromatic heterocycles. The Morgan fingerprint density at radius 3 is 3.00 bits per heavy atom. The lowest BCUT2D eigenvalue weighted by Crippen LogP contribution is -1.94.